The van der Waals surface area contributed by atoms with E-state index in [1.54, 1.807) is 12.1 Å². The van der Waals surface area contributed by atoms with E-state index in [9.17, 15) is 19.6 Å². The summed E-state index contributed by atoms with van der Waals surface area (Å²) >= 11 is 0. The summed E-state index contributed by atoms with van der Waals surface area (Å²) < 4.78 is 0. The highest BCUT2D eigenvalue weighted by Crippen LogP contribution is 2.31. The summed E-state index contributed by atoms with van der Waals surface area (Å²) in [6.07, 6.45) is 6.82. The fraction of sp³-hybridized carbons (Fsp3) is 0.643. The highest BCUT2D eigenvalue weighted by molar-refractivity contribution is 5.89. The molecule has 202 valence electrons. The molecule has 0 aromatic heterocycles. The lowest BCUT2D eigenvalue weighted by Crippen LogP contribution is -2.58. The molecule has 0 bridgehead atoms. The lowest BCUT2D eigenvalue weighted by Gasteiger charge is -2.39. The van der Waals surface area contributed by atoms with Crippen molar-refractivity contribution in [1.82, 2.24) is 15.3 Å². The molecule has 2 fully saturated rings. The Labute approximate surface area is 220 Å². The maximum atomic E-state index is 13.6. The van der Waals surface area contributed by atoms with E-state index in [2.05, 4.69) is 16.7 Å². The Morgan fingerprint density at radius 3 is 2.32 bits per heavy atom. The second-order valence-corrected chi connectivity index (χ2v) is 11.6. The molecule has 3 N–H and O–H groups in total. The van der Waals surface area contributed by atoms with Gasteiger partial charge in [-0.3, -0.25) is 19.6 Å². The zero-order valence-electron chi connectivity index (χ0n) is 22.3. The first-order valence-electron chi connectivity index (χ1n) is 13.4. The van der Waals surface area contributed by atoms with E-state index in [-0.39, 0.29) is 24.4 Å². The lowest BCUT2D eigenvalue weighted by molar-refractivity contribution is -0.156. The van der Waals surface area contributed by atoms with Crippen molar-refractivity contribution >= 4 is 23.9 Å². The number of benzene rings is 1. The molecule has 1 saturated heterocycles. The zero-order valence-corrected chi connectivity index (χ0v) is 22.3. The first kappa shape index (κ1) is 28.5. The number of carbonyl (C=O) groups is 3. The maximum Gasteiger partial charge on any atom is 0.245 e. The van der Waals surface area contributed by atoms with Crippen molar-refractivity contribution in [3.8, 4) is 6.07 Å². The predicted octanol–water partition coefficient (Wildman–Crippen LogP) is 3.54. The van der Waals surface area contributed by atoms with Gasteiger partial charge in [-0.05, 0) is 54.9 Å². The van der Waals surface area contributed by atoms with Crippen molar-refractivity contribution in [1.29, 1.82) is 5.26 Å². The van der Waals surface area contributed by atoms with Gasteiger partial charge in [-0.25, -0.2) is 5.06 Å². The van der Waals surface area contributed by atoms with Gasteiger partial charge in [0.15, 0.2) is 0 Å². The number of likely N-dealkylation sites (tertiary alicyclic amines) is 1. The molecule has 0 spiro atoms. The number of nitrogens with one attached hydrogen (secondary N) is 2. The molecule has 9 nitrogen and oxygen atoms in total. The third kappa shape index (κ3) is 8.19. The van der Waals surface area contributed by atoms with Crippen molar-refractivity contribution in [2.45, 2.75) is 77.8 Å². The average Bonchev–Trinajstić information content (AvgIpc) is 3.39. The fourth-order valence-corrected chi connectivity index (χ4v) is 5.39. The molecular weight excluding hydrogens is 470 g/mol. The molecular formula is C28H41N5O4. The Bertz CT molecular complexity index is 954. The van der Waals surface area contributed by atoms with Crippen LogP contribution in [0.3, 0.4) is 0 Å². The van der Waals surface area contributed by atoms with E-state index < -0.39 is 17.4 Å². The maximum absolute atomic E-state index is 13.6. The number of rotatable bonds is 10. The Kier molecular flexibility index (Phi) is 9.93. The van der Waals surface area contributed by atoms with Gasteiger partial charge < -0.3 is 15.5 Å². The average molecular weight is 512 g/mol. The quantitative estimate of drug-likeness (QED) is 0.251. The van der Waals surface area contributed by atoms with Gasteiger partial charge in [-0.15, -0.1) is 0 Å². The minimum absolute atomic E-state index is 0.0801. The number of nitriles is 1. The van der Waals surface area contributed by atoms with E-state index in [0.717, 1.165) is 44.2 Å². The second kappa shape index (κ2) is 12.9. The molecule has 1 saturated carbocycles. The second-order valence-electron chi connectivity index (χ2n) is 11.6. The van der Waals surface area contributed by atoms with Gasteiger partial charge in [0, 0.05) is 24.8 Å². The largest absolute Gasteiger partial charge is 0.382 e. The summed E-state index contributed by atoms with van der Waals surface area (Å²) in [6.45, 7) is 6.89. The summed E-state index contributed by atoms with van der Waals surface area (Å²) in [6, 6.07) is 8.96. The van der Waals surface area contributed by atoms with Gasteiger partial charge >= 0.3 is 0 Å². The van der Waals surface area contributed by atoms with Crippen molar-refractivity contribution in [2.24, 2.45) is 17.3 Å². The summed E-state index contributed by atoms with van der Waals surface area (Å²) in [5.74, 6) is -0.576. The monoisotopic (exact) mass is 511 g/mol. The smallest absolute Gasteiger partial charge is 0.245 e. The molecule has 1 aromatic rings. The predicted molar refractivity (Wildman–Crippen MR) is 140 cm³/mol. The number of hydroxylamine groups is 2. The van der Waals surface area contributed by atoms with Crippen molar-refractivity contribution in [3.63, 3.8) is 0 Å². The van der Waals surface area contributed by atoms with Crippen LogP contribution in [0.15, 0.2) is 24.3 Å². The molecule has 3 rings (SSSR count). The van der Waals surface area contributed by atoms with Gasteiger partial charge in [-0.2, -0.15) is 5.26 Å². The van der Waals surface area contributed by atoms with E-state index in [0.29, 0.717) is 42.5 Å². The molecule has 0 unspecified atom stereocenters. The van der Waals surface area contributed by atoms with E-state index in [1.165, 1.54) is 0 Å². The molecule has 2 aliphatic rings. The number of anilines is 1. The van der Waals surface area contributed by atoms with Crippen LogP contribution >= 0.6 is 0 Å². The minimum atomic E-state index is -0.711. The van der Waals surface area contributed by atoms with Gasteiger partial charge in [0.05, 0.1) is 24.1 Å². The third-order valence-electron chi connectivity index (χ3n) is 7.58. The molecule has 9 heteroatoms. The molecule has 2 atom stereocenters. The Balaban J connectivity index is 1.61. The van der Waals surface area contributed by atoms with Crippen LogP contribution in [0.1, 0.15) is 71.3 Å². The number of carbonyl (C=O) groups excluding carboxylic acids is 3. The number of hydrogen-bond donors (Lipinski definition) is 3. The van der Waals surface area contributed by atoms with Crippen LogP contribution in [0.25, 0.3) is 0 Å². The summed E-state index contributed by atoms with van der Waals surface area (Å²) in [4.78, 5) is 39.8. The van der Waals surface area contributed by atoms with Crippen molar-refractivity contribution < 1.29 is 19.6 Å². The zero-order chi connectivity index (χ0) is 27.0. The first-order valence-corrected chi connectivity index (χ1v) is 13.4. The topological polar surface area (TPSA) is 126 Å². The van der Waals surface area contributed by atoms with Gasteiger partial charge in [0.25, 0.3) is 0 Å². The van der Waals surface area contributed by atoms with Crippen LogP contribution in [0.2, 0.25) is 0 Å². The van der Waals surface area contributed by atoms with Crippen LogP contribution in [-0.4, -0.2) is 65.1 Å². The molecule has 3 amide bonds. The van der Waals surface area contributed by atoms with Gasteiger partial charge in [0.2, 0.25) is 18.2 Å². The number of amides is 3. The van der Waals surface area contributed by atoms with Crippen LogP contribution in [0.5, 0.6) is 0 Å². The molecule has 1 aliphatic heterocycles. The highest BCUT2D eigenvalue weighted by Gasteiger charge is 2.38. The normalized spacial score (nSPS) is 18.5. The van der Waals surface area contributed by atoms with E-state index >= 15 is 0 Å². The summed E-state index contributed by atoms with van der Waals surface area (Å²) in [5, 5.41) is 25.8. The lowest BCUT2D eigenvalue weighted by atomic mass is 9.84. The number of piperidine rings is 1. The number of nitrogens with zero attached hydrogens (tertiary/aromatic N) is 3. The van der Waals surface area contributed by atoms with Crippen LogP contribution < -0.4 is 10.6 Å². The minimum Gasteiger partial charge on any atom is -0.382 e. The molecule has 0 radical (unpaired) electrons. The van der Waals surface area contributed by atoms with E-state index in [4.69, 9.17) is 5.26 Å². The third-order valence-corrected chi connectivity index (χ3v) is 7.58. The standard InChI is InChI=1S/C28H41N5O4/c1-28(2,3)25(31-26(35)22(18-33(37)19-34)16-20-6-4-5-7-20)27(36)32-14-12-24(13-15-32)30-23-10-8-21(17-29)9-11-23/h8-11,19-20,22,24-25,30,37H,4-7,12-16,18H2,1-3H3,(H,31,35)/t22-,25-/m1/s1. The molecule has 37 heavy (non-hydrogen) atoms. The van der Waals surface area contributed by atoms with E-state index in [1.807, 2.05) is 37.8 Å². The summed E-state index contributed by atoms with van der Waals surface area (Å²) in [5.41, 5.74) is 1.06. The van der Waals surface area contributed by atoms with Crippen LogP contribution in [0, 0.1) is 28.6 Å². The molecule has 1 heterocycles. The van der Waals surface area contributed by atoms with Crippen LogP contribution in [-0.2, 0) is 14.4 Å². The van der Waals surface area contributed by atoms with Crippen molar-refractivity contribution in [2.75, 3.05) is 25.0 Å². The Hall–Kier alpha value is -3.12. The first-order chi connectivity index (χ1) is 17.6. The SMILES string of the molecule is CC(C)(C)[C@H](NC(=O)[C@H](CC1CCCC1)CN(O)C=O)C(=O)N1CCC(Nc2ccc(C#N)cc2)CC1. The Morgan fingerprint density at radius 1 is 1.16 bits per heavy atom. The number of hydrogen-bond acceptors (Lipinski definition) is 6. The van der Waals surface area contributed by atoms with Gasteiger partial charge in [0.1, 0.15) is 6.04 Å². The highest BCUT2D eigenvalue weighted by atomic mass is 16.5. The van der Waals surface area contributed by atoms with Gasteiger partial charge in [-0.1, -0.05) is 46.5 Å². The van der Waals surface area contributed by atoms with Crippen molar-refractivity contribution in [3.05, 3.63) is 29.8 Å². The molecule has 1 aliphatic carbocycles. The Morgan fingerprint density at radius 2 is 1.78 bits per heavy atom. The fourth-order valence-electron chi connectivity index (χ4n) is 5.39. The molecule has 1 aromatic carbocycles. The van der Waals surface area contributed by atoms with Crippen LogP contribution in [0.4, 0.5) is 5.69 Å². The summed E-state index contributed by atoms with van der Waals surface area (Å²) in [7, 11) is 0.